The molecular formula is C10H9ClN2. The first-order valence-electron chi connectivity index (χ1n) is 3.80. The molecule has 0 spiro atoms. The summed E-state index contributed by atoms with van der Waals surface area (Å²) in [6.45, 7) is 0. The lowest BCUT2D eigenvalue weighted by molar-refractivity contribution is 1.47. The van der Waals surface area contributed by atoms with Crippen LogP contribution in [-0.4, -0.2) is 5.88 Å². The van der Waals surface area contributed by atoms with Gasteiger partial charge in [-0.3, -0.25) is 0 Å². The molecule has 0 radical (unpaired) electrons. The largest absolute Gasteiger partial charge is 0.399 e. The number of nitrogens with zero attached hydrogens (tertiary/aromatic N) is 1. The summed E-state index contributed by atoms with van der Waals surface area (Å²) in [5.74, 6) is 0.430. The number of hydrogen-bond acceptors (Lipinski definition) is 2. The van der Waals surface area contributed by atoms with Crippen molar-refractivity contribution in [2.24, 2.45) is 0 Å². The highest BCUT2D eigenvalue weighted by Gasteiger charge is 1.97. The van der Waals surface area contributed by atoms with Crippen LogP contribution in [0.25, 0.3) is 6.08 Å². The predicted octanol–water partition coefficient (Wildman–Crippen LogP) is 2.39. The van der Waals surface area contributed by atoms with Gasteiger partial charge < -0.3 is 5.73 Å². The molecule has 0 fully saturated rings. The van der Waals surface area contributed by atoms with Crippen molar-refractivity contribution in [3.8, 4) is 6.07 Å². The van der Waals surface area contributed by atoms with Gasteiger partial charge in [0.05, 0.1) is 11.6 Å². The van der Waals surface area contributed by atoms with Gasteiger partial charge in [-0.15, -0.1) is 11.6 Å². The number of nitrogens with two attached hydrogens (primary N) is 1. The smallest absolute Gasteiger partial charge is 0.0997 e. The molecule has 2 nitrogen and oxygen atoms in total. The van der Waals surface area contributed by atoms with Gasteiger partial charge in [-0.2, -0.15) is 5.26 Å². The van der Waals surface area contributed by atoms with E-state index in [1.165, 1.54) is 0 Å². The summed E-state index contributed by atoms with van der Waals surface area (Å²) >= 11 is 5.49. The Balaban J connectivity index is 3.10. The summed E-state index contributed by atoms with van der Waals surface area (Å²) in [6.07, 6.45) is 3.57. The molecule has 0 atom stereocenters. The van der Waals surface area contributed by atoms with E-state index < -0.39 is 0 Å². The molecule has 0 saturated carbocycles. The first-order chi connectivity index (χ1) is 6.27. The zero-order chi connectivity index (χ0) is 9.68. The lowest BCUT2D eigenvalue weighted by Gasteiger charge is -1.98. The molecule has 1 aromatic rings. The first-order valence-corrected chi connectivity index (χ1v) is 4.33. The van der Waals surface area contributed by atoms with Crippen LogP contribution in [0.1, 0.15) is 11.1 Å². The fourth-order valence-electron chi connectivity index (χ4n) is 0.992. The van der Waals surface area contributed by atoms with Crippen molar-refractivity contribution in [1.29, 1.82) is 5.26 Å². The third-order valence-electron chi connectivity index (χ3n) is 1.58. The molecule has 0 saturated heterocycles. The van der Waals surface area contributed by atoms with Gasteiger partial charge in [-0.1, -0.05) is 12.2 Å². The van der Waals surface area contributed by atoms with Crippen molar-refractivity contribution < 1.29 is 0 Å². The van der Waals surface area contributed by atoms with Crippen molar-refractivity contribution in [2.45, 2.75) is 0 Å². The minimum atomic E-state index is 0.430. The van der Waals surface area contributed by atoms with E-state index in [2.05, 4.69) is 6.07 Å². The van der Waals surface area contributed by atoms with Crippen molar-refractivity contribution >= 4 is 23.4 Å². The fourth-order valence-corrected chi connectivity index (χ4v) is 1.08. The topological polar surface area (TPSA) is 49.8 Å². The number of nitrogen functional groups attached to an aromatic ring is 1. The van der Waals surface area contributed by atoms with E-state index in [0.717, 1.165) is 5.56 Å². The van der Waals surface area contributed by atoms with Crippen molar-refractivity contribution in [3.05, 3.63) is 35.4 Å². The molecular weight excluding hydrogens is 184 g/mol. The Labute approximate surface area is 82.2 Å². The fraction of sp³-hybridized carbons (Fsp3) is 0.100. The van der Waals surface area contributed by atoms with Gasteiger partial charge in [-0.05, 0) is 23.8 Å². The SMILES string of the molecule is N#Cc1ccc(N)cc1C=CCCl. The van der Waals surface area contributed by atoms with Crippen LogP contribution in [0.3, 0.4) is 0 Å². The third-order valence-corrected chi connectivity index (χ3v) is 1.76. The molecule has 66 valence electrons. The number of rotatable bonds is 2. The minimum absolute atomic E-state index is 0.430. The monoisotopic (exact) mass is 192 g/mol. The maximum atomic E-state index is 8.75. The summed E-state index contributed by atoms with van der Waals surface area (Å²) < 4.78 is 0. The molecule has 2 N–H and O–H groups in total. The Morgan fingerprint density at radius 2 is 2.31 bits per heavy atom. The van der Waals surface area contributed by atoms with E-state index in [9.17, 15) is 0 Å². The second-order valence-corrected chi connectivity index (χ2v) is 2.82. The van der Waals surface area contributed by atoms with Crippen molar-refractivity contribution in [1.82, 2.24) is 0 Å². The zero-order valence-electron chi connectivity index (χ0n) is 7.00. The van der Waals surface area contributed by atoms with Crippen LogP contribution in [0.5, 0.6) is 0 Å². The number of allylic oxidation sites excluding steroid dienone is 1. The number of benzene rings is 1. The normalized spacial score (nSPS) is 10.2. The van der Waals surface area contributed by atoms with E-state index in [1.54, 1.807) is 30.4 Å². The van der Waals surface area contributed by atoms with E-state index in [-0.39, 0.29) is 0 Å². The number of nitriles is 1. The van der Waals surface area contributed by atoms with Crippen molar-refractivity contribution in [2.75, 3.05) is 11.6 Å². The van der Waals surface area contributed by atoms with Gasteiger partial charge in [0.15, 0.2) is 0 Å². The Kier molecular flexibility index (Phi) is 3.36. The van der Waals surface area contributed by atoms with Gasteiger partial charge in [0.2, 0.25) is 0 Å². The van der Waals surface area contributed by atoms with Crippen LogP contribution >= 0.6 is 11.6 Å². The summed E-state index contributed by atoms with van der Waals surface area (Å²) in [5, 5.41) is 8.75. The van der Waals surface area contributed by atoms with E-state index in [4.69, 9.17) is 22.6 Å². The van der Waals surface area contributed by atoms with E-state index in [0.29, 0.717) is 17.1 Å². The quantitative estimate of drug-likeness (QED) is 0.578. The highest BCUT2D eigenvalue weighted by molar-refractivity contribution is 6.19. The maximum Gasteiger partial charge on any atom is 0.0997 e. The molecule has 0 aliphatic rings. The summed E-state index contributed by atoms with van der Waals surface area (Å²) in [4.78, 5) is 0. The summed E-state index contributed by atoms with van der Waals surface area (Å²) in [7, 11) is 0. The average Bonchev–Trinajstić information content (AvgIpc) is 2.15. The average molecular weight is 193 g/mol. The number of hydrogen-bond donors (Lipinski definition) is 1. The molecule has 0 unspecified atom stereocenters. The standard InChI is InChI=1S/C10H9ClN2/c11-5-1-2-8-6-10(13)4-3-9(8)7-12/h1-4,6H,5,13H2. The second kappa shape index (κ2) is 4.54. The molecule has 1 aromatic carbocycles. The Morgan fingerprint density at radius 1 is 1.54 bits per heavy atom. The van der Waals surface area contributed by atoms with Crippen LogP contribution in [0.4, 0.5) is 5.69 Å². The second-order valence-electron chi connectivity index (χ2n) is 2.52. The highest BCUT2D eigenvalue weighted by Crippen LogP contribution is 2.14. The first kappa shape index (κ1) is 9.63. The van der Waals surface area contributed by atoms with Crippen LogP contribution in [0.2, 0.25) is 0 Å². The Bertz CT molecular complexity index is 364. The van der Waals surface area contributed by atoms with Crippen LogP contribution < -0.4 is 5.73 Å². The molecule has 0 amide bonds. The Morgan fingerprint density at radius 3 is 2.92 bits per heavy atom. The van der Waals surface area contributed by atoms with E-state index in [1.807, 2.05) is 0 Å². The maximum absolute atomic E-state index is 8.75. The number of alkyl halides is 1. The zero-order valence-corrected chi connectivity index (χ0v) is 7.75. The van der Waals surface area contributed by atoms with Gasteiger partial charge in [0.25, 0.3) is 0 Å². The molecule has 0 bridgehead atoms. The van der Waals surface area contributed by atoms with Gasteiger partial charge in [0, 0.05) is 11.6 Å². The van der Waals surface area contributed by atoms with Gasteiger partial charge >= 0.3 is 0 Å². The lowest BCUT2D eigenvalue weighted by atomic mass is 10.1. The molecule has 0 heterocycles. The van der Waals surface area contributed by atoms with Crippen LogP contribution in [0, 0.1) is 11.3 Å². The predicted molar refractivity (Wildman–Crippen MR) is 55.3 cm³/mol. The molecule has 3 heteroatoms. The summed E-state index contributed by atoms with van der Waals surface area (Å²) in [5.41, 5.74) is 7.64. The van der Waals surface area contributed by atoms with Gasteiger partial charge in [-0.25, -0.2) is 0 Å². The van der Waals surface area contributed by atoms with E-state index >= 15 is 0 Å². The van der Waals surface area contributed by atoms with Crippen LogP contribution in [-0.2, 0) is 0 Å². The summed E-state index contributed by atoms with van der Waals surface area (Å²) in [6, 6.07) is 7.24. The van der Waals surface area contributed by atoms with Crippen LogP contribution in [0.15, 0.2) is 24.3 Å². The third kappa shape index (κ3) is 2.50. The number of halogens is 1. The lowest BCUT2D eigenvalue weighted by Crippen LogP contribution is -1.88. The molecule has 13 heavy (non-hydrogen) atoms. The highest BCUT2D eigenvalue weighted by atomic mass is 35.5. The number of anilines is 1. The molecule has 0 aliphatic heterocycles. The molecule has 1 rings (SSSR count). The molecule has 0 aliphatic carbocycles. The van der Waals surface area contributed by atoms with Gasteiger partial charge in [0.1, 0.15) is 0 Å². The minimum Gasteiger partial charge on any atom is -0.399 e. The molecule has 0 aromatic heterocycles. The van der Waals surface area contributed by atoms with Crippen molar-refractivity contribution in [3.63, 3.8) is 0 Å². The Hall–Kier alpha value is -1.46.